The Balaban J connectivity index is 1.62. The predicted molar refractivity (Wildman–Crippen MR) is 146 cm³/mol. The number of nitrogens with one attached hydrogen (secondary N) is 1. The zero-order valence-corrected chi connectivity index (χ0v) is 21.1. The zero-order chi connectivity index (χ0) is 25.4. The van der Waals surface area contributed by atoms with Gasteiger partial charge in [-0.15, -0.1) is 0 Å². The SMILES string of the molecule is C=C(C)C(=O)Nc1ccc(-c2c(-c3ccc(N=S4(=O)CCCC4)cc3)c3c(N)ncnc3n2C)cc1. The van der Waals surface area contributed by atoms with E-state index < -0.39 is 9.73 Å². The molecule has 1 aliphatic rings. The first-order valence-electron chi connectivity index (χ1n) is 11.7. The van der Waals surface area contributed by atoms with Gasteiger partial charge in [0.1, 0.15) is 17.8 Å². The van der Waals surface area contributed by atoms with Crippen LogP contribution < -0.4 is 11.1 Å². The molecule has 0 atom stereocenters. The monoisotopic (exact) mass is 500 g/mol. The highest BCUT2D eigenvalue weighted by Crippen LogP contribution is 2.42. The molecule has 3 heterocycles. The summed E-state index contributed by atoms with van der Waals surface area (Å²) >= 11 is 0. The standard InChI is InChI=1S/C27H28N6O2S/c1-17(2)27(34)31-20-10-8-19(9-11-20)24-22(23-25(28)29-16-30-26(23)33(24)3)18-6-12-21(13-7-18)32-36(35)14-4-5-15-36/h6-13,16H,1,4-5,14-15H2,2-3H3,(H,31,34)(H2,28,29,30). The summed E-state index contributed by atoms with van der Waals surface area (Å²) in [5.41, 5.74) is 12.6. The maximum absolute atomic E-state index is 12.9. The molecule has 2 aromatic carbocycles. The van der Waals surface area contributed by atoms with Crippen molar-refractivity contribution in [1.29, 1.82) is 0 Å². The van der Waals surface area contributed by atoms with Crippen molar-refractivity contribution >= 4 is 43.9 Å². The van der Waals surface area contributed by atoms with Gasteiger partial charge in [0.2, 0.25) is 0 Å². The van der Waals surface area contributed by atoms with Gasteiger partial charge in [-0.2, -0.15) is 4.36 Å². The molecule has 36 heavy (non-hydrogen) atoms. The van der Waals surface area contributed by atoms with E-state index >= 15 is 0 Å². The van der Waals surface area contributed by atoms with Crippen LogP contribution in [0.5, 0.6) is 0 Å². The van der Waals surface area contributed by atoms with Gasteiger partial charge in [0, 0.05) is 35.4 Å². The lowest BCUT2D eigenvalue weighted by Gasteiger charge is -2.11. The minimum atomic E-state index is -2.15. The zero-order valence-electron chi connectivity index (χ0n) is 20.3. The molecule has 9 heteroatoms. The van der Waals surface area contributed by atoms with E-state index in [0.717, 1.165) is 46.3 Å². The van der Waals surface area contributed by atoms with Crippen LogP contribution in [0.3, 0.4) is 0 Å². The summed E-state index contributed by atoms with van der Waals surface area (Å²) in [6, 6.07) is 15.4. The summed E-state index contributed by atoms with van der Waals surface area (Å²) in [7, 11) is -0.202. The molecule has 0 radical (unpaired) electrons. The molecule has 0 spiro atoms. The molecule has 184 valence electrons. The molecular weight excluding hydrogens is 472 g/mol. The predicted octanol–water partition coefficient (Wildman–Crippen LogP) is 5.29. The van der Waals surface area contributed by atoms with Crippen molar-refractivity contribution in [2.75, 3.05) is 22.6 Å². The topological polar surface area (TPSA) is 115 Å². The largest absolute Gasteiger partial charge is 0.383 e. The number of hydrogen-bond donors (Lipinski definition) is 2. The van der Waals surface area contributed by atoms with Crippen LogP contribution in [0.25, 0.3) is 33.4 Å². The Kier molecular flexibility index (Phi) is 6.09. The summed E-state index contributed by atoms with van der Waals surface area (Å²) < 4.78 is 19.4. The molecule has 0 saturated carbocycles. The number of aromatic nitrogens is 3. The molecule has 0 aliphatic carbocycles. The highest BCUT2D eigenvalue weighted by Gasteiger charge is 2.22. The van der Waals surface area contributed by atoms with Crippen molar-refractivity contribution in [2.45, 2.75) is 19.8 Å². The Hall–Kier alpha value is -3.98. The first-order chi connectivity index (χ1) is 17.3. The van der Waals surface area contributed by atoms with E-state index in [0.29, 0.717) is 34.3 Å². The number of aryl methyl sites for hydroxylation is 1. The minimum absolute atomic E-state index is 0.221. The summed E-state index contributed by atoms with van der Waals surface area (Å²) in [6.45, 7) is 5.35. The Bertz CT molecular complexity index is 1600. The lowest BCUT2D eigenvalue weighted by Crippen LogP contribution is -2.11. The van der Waals surface area contributed by atoms with Crippen LogP contribution in [0.2, 0.25) is 0 Å². The van der Waals surface area contributed by atoms with Gasteiger partial charge in [-0.1, -0.05) is 30.8 Å². The number of nitrogens with zero attached hydrogens (tertiary/aromatic N) is 4. The third-order valence-electron chi connectivity index (χ3n) is 6.40. The Morgan fingerprint density at radius 2 is 1.69 bits per heavy atom. The van der Waals surface area contributed by atoms with Gasteiger partial charge in [0.05, 0.1) is 26.5 Å². The molecule has 0 unspecified atom stereocenters. The number of nitrogen functional groups attached to an aromatic ring is 1. The minimum Gasteiger partial charge on any atom is -0.383 e. The number of amides is 1. The number of carbonyl (C=O) groups excluding carboxylic acids is 1. The third-order valence-corrected chi connectivity index (χ3v) is 8.80. The molecule has 1 amide bonds. The van der Waals surface area contributed by atoms with Crippen molar-refractivity contribution in [2.24, 2.45) is 11.4 Å². The van der Waals surface area contributed by atoms with Gasteiger partial charge >= 0.3 is 0 Å². The second-order valence-corrected chi connectivity index (χ2v) is 11.6. The summed E-state index contributed by atoms with van der Waals surface area (Å²) in [5, 5.41) is 3.60. The summed E-state index contributed by atoms with van der Waals surface area (Å²) in [6.07, 6.45) is 3.39. The Morgan fingerprint density at radius 3 is 2.33 bits per heavy atom. The van der Waals surface area contributed by atoms with Gasteiger partial charge < -0.3 is 15.6 Å². The van der Waals surface area contributed by atoms with E-state index in [1.54, 1.807) is 6.92 Å². The molecule has 2 aromatic heterocycles. The van der Waals surface area contributed by atoms with Gasteiger partial charge in [0.15, 0.2) is 0 Å². The summed E-state index contributed by atoms with van der Waals surface area (Å²) in [5.74, 6) is 1.50. The number of carbonyl (C=O) groups is 1. The fourth-order valence-electron chi connectivity index (χ4n) is 4.57. The van der Waals surface area contributed by atoms with Crippen molar-refractivity contribution in [3.63, 3.8) is 0 Å². The number of fused-ring (bicyclic) bond motifs is 1. The van der Waals surface area contributed by atoms with Crippen LogP contribution in [0.15, 0.2) is 71.4 Å². The van der Waals surface area contributed by atoms with E-state index in [2.05, 4.69) is 26.2 Å². The van der Waals surface area contributed by atoms with Crippen LogP contribution in [0.1, 0.15) is 19.8 Å². The smallest absolute Gasteiger partial charge is 0.250 e. The maximum atomic E-state index is 12.9. The van der Waals surface area contributed by atoms with Crippen molar-refractivity contribution in [3.05, 3.63) is 67.0 Å². The second-order valence-electron chi connectivity index (χ2n) is 9.08. The molecule has 0 bridgehead atoms. The molecule has 1 saturated heterocycles. The first kappa shape index (κ1) is 23.7. The van der Waals surface area contributed by atoms with Crippen molar-refractivity contribution < 1.29 is 9.00 Å². The van der Waals surface area contributed by atoms with Gasteiger partial charge in [-0.05, 0) is 55.2 Å². The van der Waals surface area contributed by atoms with Crippen LogP contribution >= 0.6 is 0 Å². The Labute approximate surface area is 210 Å². The van der Waals surface area contributed by atoms with Gasteiger partial charge in [0.25, 0.3) is 5.91 Å². The molecule has 4 aromatic rings. The average molecular weight is 501 g/mol. The number of hydrogen-bond acceptors (Lipinski definition) is 6. The van der Waals surface area contributed by atoms with Crippen molar-refractivity contribution in [1.82, 2.24) is 14.5 Å². The van der Waals surface area contributed by atoms with Crippen LogP contribution in [-0.4, -0.2) is 36.2 Å². The van der Waals surface area contributed by atoms with Gasteiger partial charge in [-0.25, -0.2) is 14.2 Å². The lowest BCUT2D eigenvalue weighted by molar-refractivity contribution is -0.112. The second kappa shape index (κ2) is 9.23. The normalized spacial score (nSPS) is 14.6. The highest BCUT2D eigenvalue weighted by atomic mass is 32.2. The molecular formula is C27H28N6O2S. The third kappa shape index (κ3) is 4.37. The maximum Gasteiger partial charge on any atom is 0.250 e. The molecule has 1 fully saturated rings. The molecule has 1 aliphatic heterocycles. The molecule has 8 nitrogen and oxygen atoms in total. The van der Waals surface area contributed by atoms with Gasteiger partial charge in [-0.3, -0.25) is 4.79 Å². The van der Waals surface area contributed by atoms with E-state index in [4.69, 9.17) is 5.73 Å². The fraction of sp³-hybridized carbons (Fsp3) is 0.222. The van der Waals surface area contributed by atoms with Crippen LogP contribution in [0.4, 0.5) is 17.2 Å². The van der Waals surface area contributed by atoms with E-state index in [1.165, 1.54) is 6.33 Å². The van der Waals surface area contributed by atoms with E-state index in [9.17, 15) is 9.00 Å². The van der Waals surface area contributed by atoms with Crippen LogP contribution in [-0.2, 0) is 21.6 Å². The first-order valence-corrected chi connectivity index (χ1v) is 13.6. The van der Waals surface area contributed by atoms with Crippen molar-refractivity contribution in [3.8, 4) is 22.4 Å². The fourth-order valence-corrected chi connectivity index (χ4v) is 6.78. The number of anilines is 2. The quantitative estimate of drug-likeness (QED) is 0.361. The number of benzene rings is 2. The highest BCUT2D eigenvalue weighted by molar-refractivity contribution is 7.93. The molecule has 3 N–H and O–H groups in total. The summed E-state index contributed by atoms with van der Waals surface area (Å²) in [4.78, 5) is 20.7. The average Bonchev–Trinajstić information content (AvgIpc) is 3.42. The number of rotatable bonds is 5. The van der Waals surface area contributed by atoms with E-state index in [-0.39, 0.29) is 5.91 Å². The Morgan fingerprint density at radius 1 is 1.06 bits per heavy atom. The lowest BCUT2D eigenvalue weighted by atomic mass is 9.98. The number of nitrogens with two attached hydrogens (primary N) is 1. The molecule has 5 rings (SSSR count). The van der Waals surface area contributed by atoms with Crippen LogP contribution in [0, 0.1) is 0 Å². The van der Waals surface area contributed by atoms with E-state index in [1.807, 2.05) is 60.1 Å².